The Balaban J connectivity index is 1.62. The van der Waals surface area contributed by atoms with E-state index in [1.165, 1.54) is 6.08 Å². The van der Waals surface area contributed by atoms with E-state index in [4.69, 9.17) is 21.7 Å². The Kier molecular flexibility index (Phi) is 8.15. The number of benzene rings is 3. The maximum Gasteiger partial charge on any atom is 0.257 e. The molecule has 0 saturated heterocycles. The predicted octanol–water partition coefficient (Wildman–Crippen LogP) is 4.48. The van der Waals surface area contributed by atoms with E-state index in [0.717, 1.165) is 5.56 Å². The van der Waals surface area contributed by atoms with Crippen LogP contribution in [0.25, 0.3) is 6.08 Å². The normalized spacial score (nSPS) is 10.4. The first-order valence-electron chi connectivity index (χ1n) is 9.97. The van der Waals surface area contributed by atoms with Crippen LogP contribution in [0.3, 0.4) is 0 Å². The molecule has 0 heterocycles. The number of para-hydroxylation sites is 2. The highest BCUT2D eigenvalue weighted by Crippen LogP contribution is 2.28. The molecule has 0 bridgehead atoms. The van der Waals surface area contributed by atoms with Gasteiger partial charge in [0.1, 0.15) is 0 Å². The van der Waals surface area contributed by atoms with Crippen molar-refractivity contribution in [3.63, 3.8) is 0 Å². The Morgan fingerprint density at radius 3 is 2.27 bits per heavy atom. The highest BCUT2D eigenvalue weighted by atomic mass is 32.1. The van der Waals surface area contributed by atoms with E-state index in [0.29, 0.717) is 28.4 Å². The summed E-state index contributed by atoms with van der Waals surface area (Å²) < 4.78 is 10.5. The SMILES string of the molecule is COc1ccc(C=CC(=O)NC(=S)Nc2ccccc2C(=O)Nc2ccccc2)cc1OC. The Bertz CT molecular complexity index is 1180. The van der Waals surface area contributed by atoms with Crippen LogP contribution in [0.15, 0.2) is 78.9 Å². The zero-order chi connectivity index (χ0) is 23.6. The second kappa shape index (κ2) is 11.4. The zero-order valence-corrected chi connectivity index (χ0v) is 18.9. The number of ether oxygens (including phenoxy) is 2. The van der Waals surface area contributed by atoms with E-state index < -0.39 is 5.91 Å². The summed E-state index contributed by atoms with van der Waals surface area (Å²) in [5, 5.41) is 8.38. The van der Waals surface area contributed by atoms with Crippen molar-refractivity contribution in [3.8, 4) is 11.5 Å². The third kappa shape index (κ3) is 6.65. The van der Waals surface area contributed by atoms with Crippen LogP contribution < -0.4 is 25.4 Å². The summed E-state index contributed by atoms with van der Waals surface area (Å²) in [6.07, 6.45) is 2.98. The Hall–Kier alpha value is -4.17. The third-order valence-electron chi connectivity index (χ3n) is 4.52. The number of amides is 2. The molecule has 33 heavy (non-hydrogen) atoms. The van der Waals surface area contributed by atoms with Gasteiger partial charge < -0.3 is 20.1 Å². The van der Waals surface area contributed by atoms with Gasteiger partial charge in [-0.1, -0.05) is 36.4 Å². The van der Waals surface area contributed by atoms with Gasteiger partial charge in [0.2, 0.25) is 5.91 Å². The Morgan fingerprint density at radius 1 is 0.848 bits per heavy atom. The van der Waals surface area contributed by atoms with Crippen molar-refractivity contribution in [2.24, 2.45) is 0 Å². The highest BCUT2D eigenvalue weighted by molar-refractivity contribution is 7.80. The average molecular weight is 462 g/mol. The molecule has 0 spiro atoms. The first-order valence-corrected chi connectivity index (χ1v) is 10.4. The molecular weight excluding hydrogens is 438 g/mol. The molecule has 0 fully saturated rings. The third-order valence-corrected chi connectivity index (χ3v) is 4.73. The lowest BCUT2D eigenvalue weighted by Gasteiger charge is -2.13. The number of methoxy groups -OCH3 is 2. The molecule has 0 aliphatic rings. The Labute approximate surface area is 197 Å². The van der Waals surface area contributed by atoms with E-state index >= 15 is 0 Å². The lowest BCUT2D eigenvalue weighted by molar-refractivity contribution is -0.115. The topological polar surface area (TPSA) is 88.7 Å². The minimum absolute atomic E-state index is 0.0666. The van der Waals surface area contributed by atoms with Gasteiger partial charge in [-0.15, -0.1) is 0 Å². The van der Waals surface area contributed by atoms with Crippen LogP contribution in [0.2, 0.25) is 0 Å². The maximum atomic E-state index is 12.7. The van der Waals surface area contributed by atoms with E-state index in [9.17, 15) is 9.59 Å². The van der Waals surface area contributed by atoms with E-state index in [1.54, 1.807) is 74.9 Å². The summed E-state index contributed by atoms with van der Waals surface area (Å²) in [7, 11) is 3.10. The molecule has 2 amide bonds. The van der Waals surface area contributed by atoms with Crippen LogP contribution in [0.4, 0.5) is 11.4 Å². The number of thiocarbonyl (C=S) groups is 1. The van der Waals surface area contributed by atoms with Gasteiger partial charge in [0, 0.05) is 11.8 Å². The minimum atomic E-state index is -0.423. The first-order chi connectivity index (χ1) is 16.0. The van der Waals surface area contributed by atoms with Gasteiger partial charge in [-0.2, -0.15) is 0 Å². The van der Waals surface area contributed by atoms with Gasteiger partial charge in [0.15, 0.2) is 16.6 Å². The number of rotatable bonds is 7. The zero-order valence-electron chi connectivity index (χ0n) is 18.1. The molecule has 0 aliphatic heterocycles. The molecule has 0 atom stereocenters. The number of carbonyl (C=O) groups excluding carboxylic acids is 2. The number of anilines is 2. The van der Waals surface area contributed by atoms with Gasteiger partial charge in [0.25, 0.3) is 5.91 Å². The van der Waals surface area contributed by atoms with Gasteiger partial charge in [-0.25, -0.2) is 0 Å². The summed E-state index contributed by atoms with van der Waals surface area (Å²) in [6.45, 7) is 0. The number of nitrogens with one attached hydrogen (secondary N) is 3. The van der Waals surface area contributed by atoms with Crippen LogP contribution in [0, 0.1) is 0 Å². The summed E-state index contributed by atoms with van der Waals surface area (Å²) in [4.78, 5) is 25.0. The lowest BCUT2D eigenvalue weighted by atomic mass is 10.1. The fourth-order valence-corrected chi connectivity index (χ4v) is 3.16. The standard InChI is InChI=1S/C25H23N3O4S/c1-31-21-14-12-17(16-22(21)32-2)13-15-23(29)28-25(33)27-20-11-7-6-10-19(20)24(30)26-18-8-4-3-5-9-18/h3-16H,1-2H3,(H,26,30)(H2,27,28,29,33). The summed E-state index contributed by atoms with van der Waals surface area (Å²) in [5.41, 5.74) is 2.29. The smallest absolute Gasteiger partial charge is 0.257 e. The molecule has 0 aromatic heterocycles. The molecule has 0 unspecified atom stereocenters. The van der Waals surface area contributed by atoms with Crippen LogP contribution in [0.5, 0.6) is 11.5 Å². The van der Waals surface area contributed by atoms with Crippen molar-refractivity contribution in [2.45, 2.75) is 0 Å². The maximum absolute atomic E-state index is 12.7. The van der Waals surface area contributed by atoms with E-state index in [-0.39, 0.29) is 11.0 Å². The van der Waals surface area contributed by atoms with E-state index in [2.05, 4.69) is 16.0 Å². The molecule has 0 aliphatic carbocycles. The summed E-state index contributed by atoms with van der Waals surface area (Å²) in [5.74, 6) is 0.433. The monoisotopic (exact) mass is 461 g/mol. The van der Waals surface area contributed by atoms with E-state index in [1.807, 2.05) is 18.2 Å². The molecule has 3 aromatic rings. The molecule has 3 rings (SSSR count). The number of hydrogen-bond acceptors (Lipinski definition) is 5. The van der Waals surface area contributed by atoms with Crippen molar-refractivity contribution in [1.82, 2.24) is 5.32 Å². The van der Waals surface area contributed by atoms with Crippen LogP contribution in [-0.4, -0.2) is 31.1 Å². The van der Waals surface area contributed by atoms with Crippen molar-refractivity contribution in [2.75, 3.05) is 24.9 Å². The quantitative estimate of drug-likeness (QED) is 0.355. The second-order valence-electron chi connectivity index (χ2n) is 6.76. The van der Waals surface area contributed by atoms with Crippen molar-refractivity contribution in [3.05, 3.63) is 90.0 Å². The number of hydrogen-bond donors (Lipinski definition) is 3. The summed E-state index contributed by atoms with van der Waals surface area (Å²) >= 11 is 5.25. The van der Waals surface area contributed by atoms with Gasteiger partial charge >= 0.3 is 0 Å². The van der Waals surface area contributed by atoms with Crippen molar-refractivity contribution >= 4 is 46.6 Å². The number of carbonyl (C=O) groups is 2. The van der Waals surface area contributed by atoms with Crippen LogP contribution in [0.1, 0.15) is 15.9 Å². The molecule has 168 valence electrons. The first kappa shape index (κ1) is 23.5. The minimum Gasteiger partial charge on any atom is -0.493 e. The molecule has 8 heteroatoms. The highest BCUT2D eigenvalue weighted by Gasteiger charge is 2.13. The van der Waals surface area contributed by atoms with Crippen molar-refractivity contribution in [1.29, 1.82) is 0 Å². The van der Waals surface area contributed by atoms with Gasteiger partial charge in [-0.3, -0.25) is 14.9 Å². The second-order valence-corrected chi connectivity index (χ2v) is 7.17. The largest absolute Gasteiger partial charge is 0.493 e. The molecule has 3 aromatic carbocycles. The molecule has 3 N–H and O–H groups in total. The fourth-order valence-electron chi connectivity index (χ4n) is 2.95. The molecule has 0 saturated carbocycles. The summed E-state index contributed by atoms with van der Waals surface area (Å²) in [6, 6.07) is 21.3. The van der Waals surface area contributed by atoms with Gasteiger partial charge in [0.05, 0.1) is 25.5 Å². The Morgan fingerprint density at radius 2 is 1.55 bits per heavy atom. The molecule has 0 radical (unpaired) electrons. The predicted molar refractivity (Wildman–Crippen MR) is 134 cm³/mol. The lowest BCUT2D eigenvalue weighted by Crippen LogP contribution is -2.33. The fraction of sp³-hybridized carbons (Fsp3) is 0.0800. The van der Waals surface area contributed by atoms with Crippen LogP contribution in [-0.2, 0) is 4.79 Å². The molecular formula is C25H23N3O4S. The molecule has 7 nitrogen and oxygen atoms in total. The van der Waals surface area contributed by atoms with Crippen LogP contribution >= 0.6 is 12.2 Å². The average Bonchev–Trinajstić information content (AvgIpc) is 2.83. The van der Waals surface area contributed by atoms with Crippen molar-refractivity contribution < 1.29 is 19.1 Å². The van der Waals surface area contributed by atoms with Gasteiger partial charge in [-0.05, 0) is 60.3 Å².